The molecular formula is C23H27N5. The van der Waals surface area contributed by atoms with Gasteiger partial charge in [0.25, 0.3) is 0 Å². The molecule has 5 heteroatoms. The summed E-state index contributed by atoms with van der Waals surface area (Å²) in [6, 6.07) is 19.2. The number of hydrogen-bond acceptors (Lipinski definition) is 2. The van der Waals surface area contributed by atoms with Crippen molar-refractivity contribution in [1.82, 2.24) is 19.8 Å². The number of benzene rings is 2. The lowest BCUT2D eigenvalue weighted by Gasteiger charge is -2.31. The van der Waals surface area contributed by atoms with Gasteiger partial charge >= 0.3 is 0 Å². The van der Waals surface area contributed by atoms with Gasteiger partial charge < -0.3 is 14.8 Å². The standard InChI is InChI=1S/C23H27N5/c1-24-23(28-15-12-20-9-5-6-10-21(20)18-28)26-13-11-22-25-14-16-27(22)17-19-7-3-2-4-8-19/h2-10,14,16H,11-13,15,17-18H2,1H3,(H,24,26). The average Bonchev–Trinajstić information content (AvgIpc) is 3.18. The summed E-state index contributed by atoms with van der Waals surface area (Å²) in [5.41, 5.74) is 4.14. The molecule has 4 rings (SSSR count). The molecule has 1 N–H and O–H groups in total. The predicted molar refractivity (Wildman–Crippen MR) is 113 cm³/mol. The Bertz CT molecular complexity index is 929. The van der Waals surface area contributed by atoms with Crippen molar-refractivity contribution in [2.75, 3.05) is 20.1 Å². The van der Waals surface area contributed by atoms with Crippen LogP contribution in [0.1, 0.15) is 22.5 Å². The third-order valence-corrected chi connectivity index (χ3v) is 5.27. The number of nitrogens with one attached hydrogen (secondary N) is 1. The van der Waals surface area contributed by atoms with Crippen LogP contribution in [-0.2, 0) is 25.9 Å². The minimum Gasteiger partial charge on any atom is -0.356 e. The van der Waals surface area contributed by atoms with Crippen molar-refractivity contribution in [3.05, 3.63) is 89.5 Å². The van der Waals surface area contributed by atoms with Crippen molar-refractivity contribution >= 4 is 5.96 Å². The zero-order valence-electron chi connectivity index (χ0n) is 16.4. The Morgan fingerprint density at radius 1 is 1.07 bits per heavy atom. The first-order valence-corrected chi connectivity index (χ1v) is 9.90. The van der Waals surface area contributed by atoms with Crippen molar-refractivity contribution in [2.24, 2.45) is 4.99 Å². The molecule has 5 nitrogen and oxygen atoms in total. The van der Waals surface area contributed by atoms with Crippen LogP contribution in [0.15, 0.2) is 72.0 Å². The molecule has 3 aromatic rings. The first-order chi connectivity index (χ1) is 13.8. The summed E-state index contributed by atoms with van der Waals surface area (Å²) in [5.74, 6) is 2.06. The quantitative estimate of drug-likeness (QED) is 0.552. The normalized spacial score (nSPS) is 14.0. The van der Waals surface area contributed by atoms with Crippen LogP contribution in [0.3, 0.4) is 0 Å². The monoisotopic (exact) mass is 373 g/mol. The average molecular weight is 374 g/mol. The number of aromatic nitrogens is 2. The van der Waals surface area contributed by atoms with Gasteiger partial charge in [0.1, 0.15) is 5.82 Å². The van der Waals surface area contributed by atoms with E-state index in [1.807, 2.05) is 19.3 Å². The van der Waals surface area contributed by atoms with E-state index in [9.17, 15) is 0 Å². The maximum atomic E-state index is 4.55. The molecule has 0 aliphatic carbocycles. The van der Waals surface area contributed by atoms with E-state index in [2.05, 4.69) is 79.5 Å². The van der Waals surface area contributed by atoms with Gasteiger partial charge in [0.05, 0.1) is 0 Å². The zero-order chi connectivity index (χ0) is 19.2. The van der Waals surface area contributed by atoms with Crippen LogP contribution in [0.25, 0.3) is 0 Å². The third-order valence-electron chi connectivity index (χ3n) is 5.27. The molecule has 0 atom stereocenters. The fourth-order valence-electron chi connectivity index (χ4n) is 3.79. The Hall–Kier alpha value is -3.08. The summed E-state index contributed by atoms with van der Waals surface area (Å²) in [6.45, 7) is 3.59. The third kappa shape index (κ3) is 4.25. The van der Waals surface area contributed by atoms with Gasteiger partial charge in [-0.2, -0.15) is 0 Å². The van der Waals surface area contributed by atoms with Gasteiger partial charge in [-0.1, -0.05) is 54.6 Å². The fraction of sp³-hybridized carbons (Fsp3) is 0.304. The van der Waals surface area contributed by atoms with E-state index in [4.69, 9.17) is 0 Å². The molecule has 2 aromatic carbocycles. The van der Waals surface area contributed by atoms with Crippen LogP contribution < -0.4 is 5.32 Å². The van der Waals surface area contributed by atoms with E-state index in [0.29, 0.717) is 0 Å². The molecular weight excluding hydrogens is 346 g/mol. The molecule has 0 radical (unpaired) electrons. The van der Waals surface area contributed by atoms with E-state index in [0.717, 1.165) is 50.8 Å². The summed E-state index contributed by atoms with van der Waals surface area (Å²) >= 11 is 0. The van der Waals surface area contributed by atoms with Crippen LogP contribution in [0.4, 0.5) is 0 Å². The van der Waals surface area contributed by atoms with Gasteiger partial charge in [0.15, 0.2) is 5.96 Å². The van der Waals surface area contributed by atoms with Gasteiger partial charge in [-0.15, -0.1) is 0 Å². The molecule has 0 fully saturated rings. The first kappa shape index (κ1) is 18.3. The van der Waals surface area contributed by atoms with Gasteiger partial charge in [-0.3, -0.25) is 4.99 Å². The number of guanidine groups is 1. The van der Waals surface area contributed by atoms with Gasteiger partial charge in [-0.25, -0.2) is 4.98 Å². The Labute approximate surface area is 166 Å². The van der Waals surface area contributed by atoms with Crippen LogP contribution in [0.5, 0.6) is 0 Å². The van der Waals surface area contributed by atoms with E-state index in [1.165, 1.54) is 16.7 Å². The summed E-state index contributed by atoms with van der Waals surface area (Å²) in [5, 5.41) is 3.52. The highest BCUT2D eigenvalue weighted by atomic mass is 15.3. The molecule has 1 aliphatic heterocycles. The van der Waals surface area contributed by atoms with E-state index >= 15 is 0 Å². The summed E-state index contributed by atoms with van der Waals surface area (Å²) in [4.78, 5) is 11.4. The second-order valence-electron chi connectivity index (χ2n) is 7.12. The number of rotatable bonds is 5. The molecule has 1 aromatic heterocycles. The van der Waals surface area contributed by atoms with Gasteiger partial charge in [0.2, 0.25) is 0 Å². The Morgan fingerprint density at radius 2 is 1.86 bits per heavy atom. The number of aliphatic imine (C=N–C) groups is 1. The maximum absolute atomic E-state index is 4.55. The number of fused-ring (bicyclic) bond motifs is 1. The van der Waals surface area contributed by atoms with E-state index in [-0.39, 0.29) is 0 Å². The maximum Gasteiger partial charge on any atom is 0.193 e. The molecule has 28 heavy (non-hydrogen) atoms. The molecule has 0 bridgehead atoms. The summed E-state index contributed by atoms with van der Waals surface area (Å²) < 4.78 is 2.22. The molecule has 1 aliphatic rings. The molecule has 0 saturated carbocycles. The van der Waals surface area contributed by atoms with E-state index < -0.39 is 0 Å². The lowest BCUT2D eigenvalue weighted by atomic mass is 10.0. The molecule has 0 saturated heterocycles. The lowest BCUT2D eigenvalue weighted by molar-refractivity contribution is 0.379. The van der Waals surface area contributed by atoms with Crippen molar-refractivity contribution < 1.29 is 0 Å². The van der Waals surface area contributed by atoms with E-state index in [1.54, 1.807) is 0 Å². The smallest absolute Gasteiger partial charge is 0.193 e. The minimum absolute atomic E-state index is 0.816. The highest BCUT2D eigenvalue weighted by Gasteiger charge is 2.18. The number of imidazole rings is 1. The van der Waals surface area contributed by atoms with Crippen LogP contribution in [0, 0.1) is 0 Å². The molecule has 0 amide bonds. The van der Waals surface area contributed by atoms with Crippen LogP contribution in [-0.4, -0.2) is 40.5 Å². The Morgan fingerprint density at radius 3 is 2.68 bits per heavy atom. The molecule has 2 heterocycles. The Balaban J connectivity index is 1.33. The van der Waals surface area contributed by atoms with Crippen LogP contribution in [0.2, 0.25) is 0 Å². The second-order valence-corrected chi connectivity index (χ2v) is 7.12. The SMILES string of the molecule is CN=C(NCCc1nccn1Cc1ccccc1)N1CCc2ccccc2C1. The van der Waals surface area contributed by atoms with Crippen molar-refractivity contribution in [2.45, 2.75) is 25.9 Å². The van der Waals surface area contributed by atoms with Crippen LogP contribution >= 0.6 is 0 Å². The van der Waals surface area contributed by atoms with Gasteiger partial charge in [0, 0.05) is 52.0 Å². The molecule has 0 unspecified atom stereocenters. The minimum atomic E-state index is 0.816. The first-order valence-electron chi connectivity index (χ1n) is 9.90. The fourth-order valence-corrected chi connectivity index (χ4v) is 3.79. The lowest BCUT2D eigenvalue weighted by Crippen LogP contribution is -2.44. The summed E-state index contributed by atoms with van der Waals surface area (Å²) in [7, 11) is 1.86. The van der Waals surface area contributed by atoms with Crippen molar-refractivity contribution in [1.29, 1.82) is 0 Å². The topological polar surface area (TPSA) is 45.5 Å². The molecule has 0 spiro atoms. The van der Waals surface area contributed by atoms with Crippen molar-refractivity contribution in [3.63, 3.8) is 0 Å². The zero-order valence-corrected chi connectivity index (χ0v) is 16.4. The van der Waals surface area contributed by atoms with Crippen molar-refractivity contribution in [3.8, 4) is 0 Å². The second kappa shape index (κ2) is 8.74. The number of nitrogens with zero attached hydrogens (tertiary/aromatic N) is 4. The molecule has 144 valence electrons. The highest BCUT2D eigenvalue weighted by Crippen LogP contribution is 2.18. The predicted octanol–water partition coefficient (Wildman–Crippen LogP) is 3.11. The summed E-state index contributed by atoms with van der Waals surface area (Å²) in [6.07, 6.45) is 5.87. The van der Waals surface area contributed by atoms with Gasteiger partial charge in [-0.05, 0) is 23.1 Å². The largest absolute Gasteiger partial charge is 0.356 e. The number of hydrogen-bond donors (Lipinski definition) is 1. The highest BCUT2D eigenvalue weighted by molar-refractivity contribution is 5.80. The Kier molecular flexibility index (Phi) is 5.71.